The Bertz CT molecular complexity index is 1370. The third-order valence-corrected chi connectivity index (χ3v) is 7.84. The summed E-state index contributed by atoms with van der Waals surface area (Å²) in [7, 11) is -3.30. The van der Waals surface area contributed by atoms with Gasteiger partial charge in [0.25, 0.3) is 0 Å². The standard InChI is InChI=1S/C26H27Cl2N3O4S/c1-17(36(4,32)33)25-30-11-9-21(31-25)16-35-22-7-5-19(6-8-22)26(2,3)20-13-18(15-29)24(23(28)14-20)34-12-10-27/h5-9,11,13-14,17H,10,12,16H2,1-4H3. The average Bonchev–Trinajstić information content (AvgIpc) is 2.85. The van der Waals surface area contributed by atoms with Gasteiger partial charge in [0.2, 0.25) is 0 Å². The van der Waals surface area contributed by atoms with Gasteiger partial charge in [-0.05, 0) is 48.4 Å². The first kappa shape index (κ1) is 27.7. The van der Waals surface area contributed by atoms with Crippen LogP contribution >= 0.6 is 23.2 Å². The maximum Gasteiger partial charge on any atom is 0.157 e. The number of hydrogen-bond donors (Lipinski definition) is 0. The van der Waals surface area contributed by atoms with Gasteiger partial charge in [0.1, 0.15) is 36.1 Å². The maximum absolute atomic E-state index is 11.8. The maximum atomic E-state index is 11.8. The molecule has 0 aliphatic carbocycles. The minimum absolute atomic E-state index is 0.166. The van der Waals surface area contributed by atoms with Crippen LogP contribution in [0.3, 0.4) is 0 Å². The van der Waals surface area contributed by atoms with Crippen molar-refractivity contribution in [3.63, 3.8) is 0 Å². The van der Waals surface area contributed by atoms with E-state index in [2.05, 4.69) is 16.0 Å². The van der Waals surface area contributed by atoms with E-state index in [1.165, 1.54) is 6.20 Å². The molecule has 36 heavy (non-hydrogen) atoms. The van der Waals surface area contributed by atoms with E-state index in [4.69, 9.17) is 32.7 Å². The molecular weight excluding hydrogens is 521 g/mol. The second-order valence-electron chi connectivity index (χ2n) is 8.80. The van der Waals surface area contributed by atoms with E-state index in [9.17, 15) is 13.7 Å². The highest BCUT2D eigenvalue weighted by Gasteiger charge is 2.26. The molecule has 3 rings (SSSR count). The second kappa shape index (κ2) is 11.5. The minimum atomic E-state index is -3.30. The van der Waals surface area contributed by atoms with Crippen molar-refractivity contribution in [3.05, 3.63) is 81.9 Å². The number of benzene rings is 2. The van der Waals surface area contributed by atoms with Crippen LogP contribution in [0, 0.1) is 11.3 Å². The molecule has 0 aliphatic rings. The van der Waals surface area contributed by atoms with Gasteiger partial charge >= 0.3 is 0 Å². The van der Waals surface area contributed by atoms with E-state index in [-0.39, 0.29) is 19.0 Å². The molecule has 1 unspecified atom stereocenters. The molecule has 0 saturated carbocycles. The highest BCUT2D eigenvalue weighted by atomic mass is 35.5. The fraction of sp³-hybridized carbons (Fsp3) is 0.346. The SMILES string of the molecule is CC(c1nccc(COc2ccc(C(C)(C)c3cc(Cl)c(OCCCl)c(C#N)c3)cc2)n1)S(C)(=O)=O. The lowest BCUT2D eigenvalue weighted by atomic mass is 9.77. The Labute approximate surface area is 221 Å². The Morgan fingerprint density at radius 1 is 1.11 bits per heavy atom. The molecular formula is C26H27Cl2N3O4S. The molecule has 10 heteroatoms. The van der Waals surface area contributed by atoms with Gasteiger partial charge in [-0.25, -0.2) is 18.4 Å². The zero-order chi connectivity index (χ0) is 26.5. The van der Waals surface area contributed by atoms with Crippen molar-refractivity contribution < 1.29 is 17.9 Å². The Kier molecular flexibility index (Phi) is 8.83. The summed E-state index contributed by atoms with van der Waals surface area (Å²) in [6.07, 6.45) is 2.69. The first-order valence-corrected chi connectivity index (χ1v) is 14.0. The number of ether oxygens (including phenoxy) is 2. The first-order valence-electron chi connectivity index (χ1n) is 11.1. The number of alkyl halides is 1. The van der Waals surface area contributed by atoms with Crippen LogP contribution in [0.25, 0.3) is 0 Å². The zero-order valence-corrected chi connectivity index (χ0v) is 22.8. The van der Waals surface area contributed by atoms with Crippen molar-refractivity contribution in [2.75, 3.05) is 18.7 Å². The highest BCUT2D eigenvalue weighted by molar-refractivity contribution is 7.90. The third kappa shape index (κ3) is 6.47. The van der Waals surface area contributed by atoms with Gasteiger partial charge < -0.3 is 9.47 Å². The minimum Gasteiger partial charge on any atom is -0.489 e. The molecule has 0 fully saturated rings. The smallest absolute Gasteiger partial charge is 0.157 e. The largest absolute Gasteiger partial charge is 0.489 e. The van der Waals surface area contributed by atoms with Crippen molar-refractivity contribution in [1.29, 1.82) is 5.26 Å². The van der Waals surface area contributed by atoms with Crippen LogP contribution in [0.4, 0.5) is 0 Å². The van der Waals surface area contributed by atoms with Gasteiger partial charge in [-0.1, -0.05) is 37.6 Å². The number of hydrogen-bond acceptors (Lipinski definition) is 7. The third-order valence-electron chi connectivity index (χ3n) is 5.91. The van der Waals surface area contributed by atoms with Crippen LogP contribution in [0.1, 0.15) is 54.2 Å². The summed E-state index contributed by atoms with van der Waals surface area (Å²) in [6.45, 7) is 6.07. The molecule has 1 aromatic heterocycles. The monoisotopic (exact) mass is 547 g/mol. The molecule has 0 bridgehead atoms. The predicted molar refractivity (Wildman–Crippen MR) is 141 cm³/mol. The van der Waals surface area contributed by atoms with Gasteiger partial charge in [-0.2, -0.15) is 5.26 Å². The summed E-state index contributed by atoms with van der Waals surface area (Å²) in [5.41, 5.74) is 2.34. The van der Waals surface area contributed by atoms with Crippen molar-refractivity contribution in [1.82, 2.24) is 9.97 Å². The molecule has 1 heterocycles. The van der Waals surface area contributed by atoms with Gasteiger partial charge in [0.15, 0.2) is 15.6 Å². The highest BCUT2D eigenvalue weighted by Crippen LogP contribution is 2.38. The van der Waals surface area contributed by atoms with Crippen LogP contribution < -0.4 is 9.47 Å². The molecule has 3 aromatic rings. The van der Waals surface area contributed by atoms with Gasteiger partial charge in [0, 0.05) is 17.9 Å². The lowest BCUT2D eigenvalue weighted by molar-refractivity contribution is 0.300. The Morgan fingerprint density at radius 3 is 2.42 bits per heavy atom. The number of nitrogens with zero attached hydrogens (tertiary/aromatic N) is 3. The first-order chi connectivity index (χ1) is 17.0. The summed E-state index contributed by atoms with van der Waals surface area (Å²) >= 11 is 12.1. The summed E-state index contributed by atoms with van der Waals surface area (Å²) in [5.74, 6) is 1.50. The molecule has 0 N–H and O–H groups in total. The number of nitriles is 1. The lowest BCUT2D eigenvalue weighted by Crippen LogP contribution is -2.19. The summed E-state index contributed by atoms with van der Waals surface area (Å²) in [6, 6.07) is 15.0. The molecule has 0 saturated heterocycles. The van der Waals surface area contributed by atoms with E-state index in [0.717, 1.165) is 17.4 Å². The second-order valence-corrected chi connectivity index (χ2v) is 12.0. The fourth-order valence-corrected chi connectivity index (χ4v) is 4.34. The van der Waals surface area contributed by atoms with E-state index >= 15 is 0 Å². The molecule has 0 aliphatic heterocycles. The quantitative estimate of drug-likeness (QED) is 0.303. The van der Waals surface area contributed by atoms with Crippen LogP contribution in [0.15, 0.2) is 48.7 Å². The Hall–Kier alpha value is -2.86. The molecule has 1 atom stereocenters. The molecule has 2 aromatic carbocycles. The molecule has 0 radical (unpaired) electrons. The Balaban J connectivity index is 1.76. The summed E-state index contributed by atoms with van der Waals surface area (Å²) in [5, 5.41) is 9.16. The van der Waals surface area contributed by atoms with Crippen molar-refractivity contribution in [2.24, 2.45) is 0 Å². The Morgan fingerprint density at radius 2 is 1.81 bits per heavy atom. The lowest BCUT2D eigenvalue weighted by Gasteiger charge is -2.27. The van der Waals surface area contributed by atoms with E-state index in [0.29, 0.717) is 33.7 Å². The molecule has 0 amide bonds. The molecule has 7 nitrogen and oxygen atoms in total. The molecule has 0 spiro atoms. The van der Waals surface area contributed by atoms with E-state index in [1.54, 1.807) is 25.1 Å². The van der Waals surface area contributed by atoms with Crippen LogP contribution in [0.5, 0.6) is 11.5 Å². The van der Waals surface area contributed by atoms with Crippen molar-refractivity contribution in [2.45, 2.75) is 38.0 Å². The van der Waals surface area contributed by atoms with Crippen molar-refractivity contribution in [3.8, 4) is 17.6 Å². The summed E-state index contributed by atoms with van der Waals surface area (Å²) < 4.78 is 35.0. The van der Waals surface area contributed by atoms with Gasteiger partial charge in [0.05, 0.1) is 22.2 Å². The topological polar surface area (TPSA) is 102 Å². The van der Waals surface area contributed by atoms with Crippen LogP contribution in [0.2, 0.25) is 5.02 Å². The van der Waals surface area contributed by atoms with Crippen LogP contribution in [-0.2, 0) is 21.9 Å². The fourth-order valence-electron chi connectivity index (χ4n) is 3.50. The van der Waals surface area contributed by atoms with Gasteiger partial charge in [-0.15, -0.1) is 11.6 Å². The van der Waals surface area contributed by atoms with Gasteiger partial charge in [-0.3, -0.25) is 0 Å². The van der Waals surface area contributed by atoms with Crippen LogP contribution in [-0.4, -0.2) is 37.1 Å². The summed E-state index contributed by atoms with van der Waals surface area (Å²) in [4.78, 5) is 8.41. The normalized spacial score (nSPS) is 12.6. The average molecular weight is 548 g/mol. The predicted octanol–water partition coefficient (Wildman–Crippen LogP) is 5.63. The van der Waals surface area contributed by atoms with E-state index in [1.807, 2.05) is 38.1 Å². The molecule has 190 valence electrons. The number of rotatable bonds is 10. The van der Waals surface area contributed by atoms with Crippen molar-refractivity contribution >= 4 is 33.0 Å². The number of sulfone groups is 1. The number of halogens is 2. The number of aromatic nitrogens is 2. The zero-order valence-electron chi connectivity index (χ0n) is 20.5. The van der Waals surface area contributed by atoms with E-state index < -0.39 is 20.5 Å².